The van der Waals surface area contributed by atoms with E-state index in [4.69, 9.17) is 16.0 Å². The molecule has 166 valence electrons. The summed E-state index contributed by atoms with van der Waals surface area (Å²) in [6, 6.07) is 13.6. The number of aryl methyl sites for hydroxylation is 1. The fourth-order valence-corrected chi connectivity index (χ4v) is 4.30. The minimum absolute atomic E-state index is 0.0376. The van der Waals surface area contributed by atoms with Crippen molar-refractivity contribution in [1.82, 2.24) is 9.80 Å². The number of carbonyl (C=O) groups excluding carboxylic acids is 2. The summed E-state index contributed by atoms with van der Waals surface area (Å²) in [6.45, 7) is 3.13. The number of furan rings is 1. The quantitative estimate of drug-likeness (QED) is 0.515. The highest BCUT2D eigenvalue weighted by Gasteiger charge is 2.44. The zero-order chi connectivity index (χ0) is 23.0. The molecule has 4 rings (SSSR count). The van der Waals surface area contributed by atoms with E-state index in [0.717, 1.165) is 17.7 Å². The third-order valence-electron chi connectivity index (χ3n) is 5.61. The Kier molecular flexibility index (Phi) is 6.09. The molecule has 1 amide bonds. The molecule has 1 aliphatic rings. The fourth-order valence-electron chi connectivity index (χ4n) is 4.12. The van der Waals surface area contributed by atoms with Crippen molar-refractivity contribution in [3.8, 4) is 0 Å². The van der Waals surface area contributed by atoms with Crippen LogP contribution < -0.4 is 0 Å². The molecule has 1 unspecified atom stereocenters. The van der Waals surface area contributed by atoms with Crippen LogP contribution in [0.15, 0.2) is 64.3 Å². The van der Waals surface area contributed by atoms with E-state index < -0.39 is 23.5 Å². The lowest BCUT2D eigenvalue weighted by Gasteiger charge is -2.27. The molecule has 0 saturated heterocycles. The van der Waals surface area contributed by atoms with Gasteiger partial charge in [-0.3, -0.25) is 9.59 Å². The van der Waals surface area contributed by atoms with Crippen LogP contribution in [0.1, 0.15) is 34.1 Å². The van der Waals surface area contributed by atoms with Crippen molar-refractivity contribution in [3.63, 3.8) is 0 Å². The Labute approximate surface area is 191 Å². The molecule has 2 heterocycles. The Hall–Kier alpha value is -3.09. The van der Waals surface area contributed by atoms with Gasteiger partial charge >= 0.3 is 0 Å². The summed E-state index contributed by atoms with van der Waals surface area (Å²) in [5.74, 6) is -1.52. The van der Waals surface area contributed by atoms with E-state index in [2.05, 4.69) is 0 Å². The highest BCUT2D eigenvalue weighted by atomic mass is 35.5. The van der Waals surface area contributed by atoms with Gasteiger partial charge in [-0.2, -0.15) is 0 Å². The number of rotatable bonds is 7. The van der Waals surface area contributed by atoms with Gasteiger partial charge in [0.15, 0.2) is 11.5 Å². The van der Waals surface area contributed by atoms with E-state index in [-0.39, 0.29) is 11.3 Å². The molecule has 0 spiro atoms. The van der Waals surface area contributed by atoms with Gasteiger partial charge in [0.2, 0.25) is 5.78 Å². The topological polar surface area (TPSA) is 74.0 Å². The smallest absolute Gasteiger partial charge is 0.290 e. The molecule has 3 aromatic rings. The second kappa shape index (κ2) is 8.81. The number of hydrogen-bond acceptors (Lipinski definition) is 5. The van der Waals surface area contributed by atoms with Crippen molar-refractivity contribution in [2.45, 2.75) is 19.4 Å². The maximum Gasteiger partial charge on any atom is 0.290 e. The molecule has 1 atom stereocenters. The average Bonchev–Trinajstić information content (AvgIpc) is 3.27. The highest BCUT2D eigenvalue weighted by molar-refractivity contribution is 6.31. The van der Waals surface area contributed by atoms with Crippen LogP contribution in [-0.4, -0.2) is 53.8 Å². The highest BCUT2D eigenvalue weighted by Crippen LogP contribution is 2.40. The molecule has 32 heavy (non-hydrogen) atoms. The first-order valence-corrected chi connectivity index (χ1v) is 10.8. The van der Waals surface area contributed by atoms with Crippen LogP contribution in [0.4, 0.5) is 0 Å². The van der Waals surface area contributed by atoms with Crippen LogP contribution in [0.3, 0.4) is 0 Å². The molecular formula is C25H25ClN2O4. The number of Topliss-reactive ketones (excluding diaryl/α,β-unsaturated/α-hetero) is 1. The number of aliphatic hydroxyl groups excluding tert-OH is 1. The number of amides is 1. The van der Waals surface area contributed by atoms with Crippen LogP contribution in [0.2, 0.25) is 5.02 Å². The average molecular weight is 453 g/mol. The predicted octanol–water partition coefficient (Wildman–Crippen LogP) is 4.92. The maximum absolute atomic E-state index is 13.5. The van der Waals surface area contributed by atoms with Gasteiger partial charge in [-0.25, -0.2) is 0 Å². The lowest BCUT2D eigenvalue weighted by molar-refractivity contribution is -0.129. The van der Waals surface area contributed by atoms with Crippen LogP contribution >= 0.6 is 11.6 Å². The van der Waals surface area contributed by atoms with Gasteiger partial charge in [-0.15, -0.1) is 0 Å². The van der Waals surface area contributed by atoms with E-state index in [1.54, 1.807) is 29.2 Å². The number of halogens is 1. The normalized spacial score (nSPS) is 16.6. The summed E-state index contributed by atoms with van der Waals surface area (Å²) in [7, 11) is 3.92. The Balaban J connectivity index is 1.76. The first kappa shape index (κ1) is 22.1. The van der Waals surface area contributed by atoms with E-state index in [1.807, 2.05) is 50.2 Å². The van der Waals surface area contributed by atoms with Gasteiger partial charge in [0.05, 0.1) is 11.6 Å². The summed E-state index contributed by atoms with van der Waals surface area (Å²) in [5, 5.41) is 12.0. The van der Waals surface area contributed by atoms with E-state index in [9.17, 15) is 14.7 Å². The second-order valence-corrected chi connectivity index (χ2v) is 8.79. The van der Waals surface area contributed by atoms with Gasteiger partial charge in [-0.05, 0) is 63.8 Å². The van der Waals surface area contributed by atoms with Crippen LogP contribution in [-0.2, 0) is 4.79 Å². The Morgan fingerprint density at radius 1 is 1.19 bits per heavy atom. The number of aliphatic hydroxyl groups is 1. The fraction of sp³-hybridized carbons (Fsp3) is 0.280. The maximum atomic E-state index is 13.5. The van der Waals surface area contributed by atoms with Crippen molar-refractivity contribution >= 4 is 34.3 Å². The van der Waals surface area contributed by atoms with Crippen LogP contribution in [0.25, 0.3) is 11.0 Å². The number of nitrogens with zero attached hydrogens (tertiary/aromatic N) is 2. The monoisotopic (exact) mass is 452 g/mol. The first-order valence-electron chi connectivity index (χ1n) is 10.5. The van der Waals surface area contributed by atoms with E-state index >= 15 is 0 Å². The minimum atomic E-state index is -0.686. The summed E-state index contributed by atoms with van der Waals surface area (Å²) >= 11 is 6.05. The van der Waals surface area contributed by atoms with Crippen molar-refractivity contribution < 1.29 is 19.1 Å². The Morgan fingerprint density at radius 2 is 1.97 bits per heavy atom. The Morgan fingerprint density at radius 3 is 2.69 bits per heavy atom. The van der Waals surface area contributed by atoms with Crippen LogP contribution in [0.5, 0.6) is 0 Å². The van der Waals surface area contributed by atoms with Crippen molar-refractivity contribution in [3.05, 3.63) is 81.8 Å². The van der Waals surface area contributed by atoms with Gasteiger partial charge in [0.1, 0.15) is 5.58 Å². The van der Waals surface area contributed by atoms with Gasteiger partial charge in [0, 0.05) is 17.0 Å². The molecule has 1 N–H and O–H groups in total. The summed E-state index contributed by atoms with van der Waals surface area (Å²) in [6.07, 6.45) is 0.707. The Bertz CT molecular complexity index is 1230. The molecule has 2 aromatic carbocycles. The van der Waals surface area contributed by atoms with Gasteiger partial charge in [-0.1, -0.05) is 41.4 Å². The van der Waals surface area contributed by atoms with E-state index in [0.29, 0.717) is 29.0 Å². The molecule has 7 heteroatoms. The summed E-state index contributed by atoms with van der Waals surface area (Å²) in [5.41, 5.74) is 2.32. The SMILES string of the molecule is Cc1cccc(C2C(C(=O)c3cc4cc(Cl)ccc4o3)=C(O)C(=O)N2CCCN(C)C)c1. The number of benzene rings is 2. The third kappa shape index (κ3) is 4.16. The van der Waals surface area contributed by atoms with Crippen molar-refractivity contribution in [2.75, 3.05) is 27.2 Å². The number of hydrogen-bond donors (Lipinski definition) is 1. The minimum Gasteiger partial charge on any atom is -0.503 e. The largest absolute Gasteiger partial charge is 0.503 e. The molecule has 0 fully saturated rings. The molecule has 0 saturated carbocycles. The predicted molar refractivity (Wildman–Crippen MR) is 124 cm³/mol. The molecule has 1 aromatic heterocycles. The van der Waals surface area contributed by atoms with Crippen molar-refractivity contribution in [1.29, 1.82) is 0 Å². The van der Waals surface area contributed by atoms with Crippen molar-refractivity contribution in [2.24, 2.45) is 0 Å². The molecule has 0 radical (unpaired) electrons. The lowest BCUT2D eigenvalue weighted by Crippen LogP contribution is -2.33. The lowest BCUT2D eigenvalue weighted by atomic mass is 9.94. The molecule has 1 aliphatic heterocycles. The zero-order valence-electron chi connectivity index (χ0n) is 18.3. The zero-order valence-corrected chi connectivity index (χ0v) is 19.0. The van der Waals surface area contributed by atoms with Gasteiger partial charge in [0.25, 0.3) is 5.91 Å². The summed E-state index contributed by atoms with van der Waals surface area (Å²) in [4.78, 5) is 30.1. The number of carbonyl (C=O) groups is 2. The third-order valence-corrected chi connectivity index (χ3v) is 5.85. The molecule has 6 nitrogen and oxygen atoms in total. The standard InChI is InChI=1S/C25H25ClN2O4/c1-15-6-4-7-16(12-15)22-21(24(30)25(31)28(22)11-5-10-27(2)3)23(29)20-14-17-13-18(26)8-9-19(17)32-20/h4,6-9,12-14,22,30H,5,10-11H2,1-3H3. The van der Waals surface area contributed by atoms with E-state index in [1.165, 1.54) is 0 Å². The summed E-state index contributed by atoms with van der Waals surface area (Å²) < 4.78 is 5.75. The number of fused-ring (bicyclic) bond motifs is 1. The van der Waals surface area contributed by atoms with Gasteiger partial charge < -0.3 is 19.3 Å². The second-order valence-electron chi connectivity index (χ2n) is 8.36. The number of ketones is 1. The molecule has 0 bridgehead atoms. The van der Waals surface area contributed by atoms with Crippen LogP contribution in [0, 0.1) is 6.92 Å². The first-order chi connectivity index (χ1) is 15.3. The molecular weight excluding hydrogens is 428 g/mol. The molecule has 0 aliphatic carbocycles.